The highest BCUT2D eigenvalue weighted by molar-refractivity contribution is 5.24. The summed E-state index contributed by atoms with van der Waals surface area (Å²) in [5.41, 5.74) is 2.33. The Morgan fingerprint density at radius 3 is 2.58 bits per heavy atom. The molecule has 2 atom stereocenters. The Kier molecular flexibility index (Phi) is 3.51. The van der Waals surface area contributed by atoms with Crippen LogP contribution in [0.1, 0.15) is 39.5 Å². The molecule has 19 heavy (non-hydrogen) atoms. The summed E-state index contributed by atoms with van der Waals surface area (Å²) in [5.74, 6) is 1.84. The summed E-state index contributed by atoms with van der Waals surface area (Å²) in [5, 5.41) is 0. The fourth-order valence-electron chi connectivity index (χ4n) is 4.51. The molecule has 2 nitrogen and oxygen atoms in total. The molecular formula is C17H30N2. The van der Waals surface area contributed by atoms with Crippen LogP contribution < -0.4 is 0 Å². The van der Waals surface area contributed by atoms with Gasteiger partial charge in [0.05, 0.1) is 0 Å². The van der Waals surface area contributed by atoms with Crippen molar-refractivity contribution in [2.75, 3.05) is 33.7 Å². The van der Waals surface area contributed by atoms with E-state index >= 15 is 0 Å². The number of fused-ring (bicyclic) bond motifs is 1. The molecule has 0 aromatic rings. The third-order valence-corrected chi connectivity index (χ3v) is 6.33. The SMILES string of the molecule is CN1CCC(N(C)CC2=CC[C@@H]3C[C@@H]2C3(C)C)CC1. The Labute approximate surface area is 118 Å². The summed E-state index contributed by atoms with van der Waals surface area (Å²) < 4.78 is 0. The zero-order valence-electron chi connectivity index (χ0n) is 13.2. The smallest absolute Gasteiger partial charge is 0.0195 e. The van der Waals surface area contributed by atoms with Gasteiger partial charge in [0.2, 0.25) is 0 Å². The van der Waals surface area contributed by atoms with Crippen molar-refractivity contribution in [1.82, 2.24) is 9.80 Å². The Morgan fingerprint density at radius 2 is 2.00 bits per heavy atom. The second-order valence-corrected chi connectivity index (χ2v) is 7.77. The van der Waals surface area contributed by atoms with Crippen LogP contribution in [0.15, 0.2) is 11.6 Å². The lowest BCUT2D eigenvalue weighted by molar-refractivity contribution is -0.0118. The highest BCUT2D eigenvalue weighted by Crippen LogP contribution is 2.59. The van der Waals surface area contributed by atoms with Crippen molar-refractivity contribution < 1.29 is 0 Å². The predicted octanol–water partition coefficient (Wildman–Crippen LogP) is 3.00. The molecule has 0 amide bonds. The molecule has 0 spiro atoms. The van der Waals surface area contributed by atoms with Crippen LogP contribution in [0.5, 0.6) is 0 Å². The lowest BCUT2D eigenvalue weighted by Gasteiger charge is -2.57. The van der Waals surface area contributed by atoms with Gasteiger partial charge in [0.15, 0.2) is 0 Å². The average molecular weight is 262 g/mol. The van der Waals surface area contributed by atoms with Crippen molar-refractivity contribution in [3.8, 4) is 0 Å². The number of allylic oxidation sites excluding steroid dienone is 1. The summed E-state index contributed by atoms with van der Waals surface area (Å²) >= 11 is 0. The van der Waals surface area contributed by atoms with Crippen LogP contribution in [0.2, 0.25) is 0 Å². The number of nitrogens with zero attached hydrogens (tertiary/aromatic N) is 2. The Morgan fingerprint density at radius 1 is 1.32 bits per heavy atom. The van der Waals surface area contributed by atoms with Crippen molar-refractivity contribution in [3.05, 3.63) is 11.6 Å². The van der Waals surface area contributed by atoms with Gasteiger partial charge in [0.25, 0.3) is 0 Å². The number of hydrogen-bond acceptors (Lipinski definition) is 2. The van der Waals surface area contributed by atoms with Gasteiger partial charge >= 0.3 is 0 Å². The van der Waals surface area contributed by atoms with Crippen LogP contribution in [0.4, 0.5) is 0 Å². The maximum absolute atomic E-state index is 2.63. The minimum Gasteiger partial charge on any atom is -0.306 e. The van der Waals surface area contributed by atoms with E-state index in [2.05, 4.69) is 43.8 Å². The largest absolute Gasteiger partial charge is 0.306 e. The van der Waals surface area contributed by atoms with Gasteiger partial charge in [0, 0.05) is 12.6 Å². The molecule has 108 valence electrons. The number of likely N-dealkylation sites (tertiary alicyclic amines) is 1. The molecule has 0 N–H and O–H groups in total. The summed E-state index contributed by atoms with van der Waals surface area (Å²) in [6, 6.07) is 0.804. The van der Waals surface area contributed by atoms with E-state index in [0.717, 1.165) is 17.9 Å². The molecule has 0 unspecified atom stereocenters. The fraction of sp³-hybridized carbons (Fsp3) is 0.882. The van der Waals surface area contributed by atoms with E-state index in [1.807, 2.05) is 0 Å². The molecule has 2 bridgehead atoms. The second kappa shape index (κ2) is 4.89. The Hall–Kier alpha value is -0.340. The molecule has 4 aliphatic rings. The highest BCUT2D eigenvalue weighted by Gasteiger charge is 2.51. The molecule has 2 fully saturated rings. The monoisotopic (exact) mass is 262 g/mol. The first-order valence-corrected chi connectivity index (χ1v) is 8.06. The van der Waals surface area contributed by atoms with E-state index in [1.54, 1.807) is 5.57 Å². The quantitative estimate of drug-likeness (QED) is 0.721. The van der Waals surface area contributed by atoms with Gasteiger partial charge in [-0.05, 0) is 70.1 Å². The zero-order chi connectivity index (χ0) is 13.6. The maximum atomic E-state index is 2.63. The maximum Gasteiger partial charge on any atom is 0.0195 e. The van der Waals surface area contributed by atoms with Crippen LogP contribution >= 0.6 is 0 Å². The minimum atomic E-state index is 0.581. The van der Waals surface area contributed by atoms with E-state index in [0.29, 0.717) is 5.41 Å². The third kappa shape index (κ3) is 2.38. The van der Waals surface area contributed by atoms with E-state index in [1.165, 1.54) is 45.3 Å². The highest BCUT2D eigenvalue weighted by atomic mass is 15.2. The van der Waals surface area contributed by atoms with E-state index in [-0.39, 0.29) is 0 Å². The summed E-state index contributed by atoms with van der Waals surface area (Å²) in [6.07, 6.45) is 8.05. The topological polar surface area (TPSA) is 6.48 Å². The molecule has 1 heterocycles. The minimum absolute atomic E-state index is 0.581. The first kappa shape index (κ1) is 13.6. The molecular weight excluding hydrogens is 232 g/mol. The number of hydrogen-bond donors (Lipinski definition) is 0. The number of likely N-dealkylation sites (N-methyl/N-ethyl adjacent to an activating group) is 1. The molecule has 0 aromatic heterocycles. The van der Waals surface area contributed by atoms with Crippen LogP contribution in [0.3, 0.4) is 0 Å². The number of piperidine rings is 1. The van der Waals surface area contributed by atoms with Gasteiger partial charge in [-0.15, -0.1) is 0 Å². The third-order valence-electron chi connectivity index (χ3n) is 6.33. The average Bonchev–Trinajstić information content (AvgIpc) is 2.39. The molecule has 2 heteroatoms. The molecule has 4 rings (SSSR count). The summed E-state index contributed by atoms with van der Waals surface area (Å²) in [7, 11) is 4.59. The van der Waals surface area contributed by atoms with Gasteiger partial charge < -0.3 is 4.90 Å². The second-order valence-electron chi connectivity index (χ2n) is 7.77. The lowest BCUT2D eigenvalue weighted by atomic mass is 9.49. The lowest BCUT2D eigenvalue weighted by Crippen LogP contribution is -2.50. The van der Waals surface area contributed by atoms with Crippen molar-refractivity contribution in [2.24, 2.45) is 17.3 Å². The van der Waals surface area contributed by atoms with E-state index in [9.17, 15) is 0 Å². The first-order chi connectivity index (χ1) is 8.98. The van der Waals surface area contributed by atoms with Crippen molar-refractivity contribution in [3.63, 3.8) is 0 Å². The van der Waals surface area contributed by atoms with Gasteiger partial charge in [-0.25, -0.2) is 0 Å². The number of rotatable bonds is 3. The molecule has 3 aliphatic carbocycles. The van der Waals surface area contributed by atoms with Crippen molar-refractivity contribution in [1.29, 1.82) is 0 Å². The normalized spacial score (nSPS) is 35.1. The predicted molar refractivity (Wildman–Crippen MR) is 81.2 cm³/mol. The summed E-state index contributed by atoms with van der Waals surface area (Å²) in [6.45, 7) is 8.72. The molecule has 0 aromatic carbocycles. The molecule has 1 saturated heterocycles. The van der Waals surface area contributed by atoms with Crippen LogP contribution in [0, 0.1) is 17.3 Å². The van der Waals surface area contributed by atoms with Gasteiger partial charge in [-0.1, -0.05) is 25.5 Å². The van der Waals surface area contributed by atoms with E-state index in [4.69, 9.17) is 0 Å². The Bertz CT molecular complexity index is 363. The van der Waals surface area contributed by atoms with Crippen molar-refractivity contribution >= 4 is 0 Å². The van der Waals surface area contributed by atoms with Crippen LogP contribution in [-0.2, 0) is 0 Å². The van der Waals surface area contributed by atoms with Gasteiger partial charge in [-0.2, -0.15) is 0 Å². The fourth-order valence-corrected chi connectivity index (χ4v) is 4.51. The molecule has 1 saturated carbocycles. The molecule has 1 aliphatic heterocycles. The first-order valence-electron chi connectivity index (χ1n) is 8.06. The van der Waals surface area contributed by atoms with Crippen LogP contribution in [-0.4, -0.2) is 49.6 Å². The zero-order valence-corrected chi connectivity index (χ0v) is 13.2. The van der Waals surface area contributed by atoms with Gasteiger partial charge in [0.1, 0.15) is 0 Å². The van der Waals surface area contributed by atoms with Crippen LogP contribution in [0.25, 0.3) is 0 Å². The Balaban J connectivity index is 1.58. The summed E-state index contributed by atoms with van der Waals surface area (Å²) in [4.78, 5) is 5.09. The van der Waals surface area contributed by atoms with E-state index < -0.39 is 0 Å². The van der Waals surface area contributed by atoms with Crippen molar-refractivity contribution in [2.45, 2.75) is 45.6 Å². The standard InChI is InChI=1S/C17H30N2/c1-17(2)14-6-5-13(16(17)11-14)12-19(4)15-7-9-18(3)10-8-15/h5,14-16H,6-12H2,1-4H3/t14-,16+/m1/s1. The van der Waals surface area contributed by atoms with Gasteiger partial charge in [-0.3, -0.25) is 4.90 Å². The molecule has 0 radical (unpaired) electrons.